The van der Waals surface area contributed by atoms with Crippen molar-refractivity contribution in [3.63, 3.8) is 0 Å². The smallest absolute Gasteiger partial charge is 0.255 e. The Kier molecular flexibility index (Phi) is 6.35. The highest BCUT2D eigenvalue weighted by molar-refractivity contribution is 6.25. The number of nitriles is 1. The predicted molar refractivity (Wildman–Crippen MR) is 146 cm³/mol. The van der Waals surface area contributed by atoms with Crippen molar-refractivity contribution >= 4 is 23.2 Å². The highest BCUT2D eigenvalue weighted by atomic mass is 16.3. The Morgan fingerprint density at radius 3 is 2.49 bits per heavy atom. The van der Waals surface area contributed by atoms with E-state index in [0.717, 1.165) is 5.69 Å². The van der Waals surface area contributed by atoms with Crippen LogP contribution in [0.2, 0.25) is 0 Å². The van der Waals surface area contributed by atoms with Gasteiger partial charge in [-0.1, -0.05) is 6.07 Å². The number of likely N-dealkylation sites (N-methyl/N-ethyl adjacent to an activating group) is 1. The first-order valence-electron chi connectivity index (χ1n) is 12.8. The number of carbonyl (C=O) groups excluding carboxylic acids is 3. The van der Waals surface area contributed by atoms with E-state index < -0.39 is 69.1 Å². The van der Waals surface area contributed by atoms with Gasteiger partial charge < -0.3 is 42.8 Å². The van der Waals surface area contributed by atoms with E-state index in [1.54, 1.807) is 18.3 Å². The van der Waals surface area contributed by atoms with E-state index in [1.807, 2.05) is 12.1 Å². The van der Waals surface area contributed by atoms with Gasteiger partial charge >= 0.3 is 0 Å². The van der Waals surface area contributed by atoms with Gasteiger partial charge in [0, 0.05) is 25.0 Å². The molecule has 1 fully saturated rings. The molecule has 0 spiro atoms. The van der Waals surface area contributed by atoms with Crippen molar-refractivity contribution < 1.29 is 29.7 Å². The maximum Gasteiger partial charge on any atom is 0.255 e. The molecule has 2 aromatic rings. The number of benzene rings is 1. The Labute approximate surface area is 234 Å². The van der Waals surface area contributed by atoms with Crippen LogP contribution in [0.5, 0.6) is 5.75 Å². The van der Waals surface area contributed by atoms with Crippen molar-refractivity contribution in [3.8, 4) is 11.8 Å². The van der Waals surface area contributed by atoms with E-state index >= 15 is 0 Å². The van der Waals surface area contributed by atoms with Gasteiger partial charge in [-0.3, -0.25) is 19.3 Å². The van der Waals surface area contributed by atoms with Gasteiger partial charge in [-0.05, 0) is 56.3 Å². The number of primary amides is 1. The number of phenols is 1. The van der Waals surface area contributed by atoms with E-state index in [-0.39, 0.29) is 17.7 Å². The van der Waals surface area contributed by atoms with Crippen LogP contribution in [-0.4, -0.2) is 73.9 Å². The topological polar surface area (TPSA) is 245 Å². The summed E-state index contributed by atoms with van der Waals surface area (Å²) in [5.74, 6) is -5.65. The largest absolute Gasteiger partial charge is 0.509 e. The van der Waals surface area contributed by atoms with Crippen LogP contribution in [-0.2, 0) is 33.9 Å². The van der Waals surface area contributed by atoms with Crippen LogP contribution < -0.4 is 22.5 Å². The van der Waals surface area contributed by atoms with Crippen LogP contribution in [0, 0.1) is 16.7 Å². The number of aliphatic hydroxyl groups excluding tert-OH is 2. The summed E-state index contributed by atoms with van der Waals surface area (Å²) < 4.78 is 0. The van der Waals surface area contributed by atoms with Gasteiger partial charge in [0.05, 0.1) is 34.3 Å². The maximum atomic E-state index is 14.4. The van der Waals surface area contributed by atoms with Gasteiger partial charge in [0.15, 0.2) is 17.0 Å². The molecule has 3 aliphatic carbocycles. The normalized spacial score (nSPS) is 29.2. The van der Waals surface area contributed by atoms with Gasteiger partial charge in [-0.25, -0.2) is 0 Å². The van der Waals surface area contributed by atoms with Crippen molar-refractivity contribution in [1.29, 1.82) is 5.26 Å². The second-order valence-corrected chi connectivity index (χ2v) is 11.2. The molecule has 0 bridgehead atoms. The summed E-state index contributed by atoms with van der Waals surface area (Å²) >= 11 is 0. The number of fused-ring (bicyclic) bond motifs is 3. The summed E-state index contributed by atoms with van der Waals surface area (Å²) in [5, 5.41) is 47.3. The average molecular weight is 562 g/mol. The number of nitrogens with one attached hydrogen (secondary N) is 2. The highest BCUT2D eigenvalue weighted by Crippen LogP contribution is 2.58. The minimum Gasteiger partial charge on any atom is -0.509 e. The molecule has 1 aromatic carbocycles. The lowest BCUT2D eigenvalue weighted by Gasteiger charge is -2.58. The fourth-order valence-corrected chi connectivity index (χ4v) is 6.87. The predicted octanol–water partition coefficient (Wildman–Crippen LogP) is -0.477. The first-order valence-corrected chi connectivity index (χ1v) is 12.8. The zero-order valence-electron chi connectivity index (χ0n) is 22.5. The van der Waals surface area contributed by atoms with Crippen LogP contribution in [0.4, 0.5) is 0 Å². The number of carbonyl (C=O) groups is 3. The third kappa shape index (κ3) is 3.65. The minimum atomic E-state index is -2.69. The lowest BCUT2D eigenvalue weighted by Crippen LogP contribution is -2.80. The SMILES string of the molecule is CN(C)[C@@H]1C(=O)C(C(N)=O)=C(O)[C@@]2(C#N)C(=O)C3=C(O)c4c(O)ccc(CNCc5ccc[nH]5)c4C[C@@]3(N)C[C@@]12N. The van der Waals surface area contributed by atoms with Crippen molar-refractivity contribution in [3.05, 3.63) is 69.8 Å². The van der Waals surface area contributed by atoms with Crippen LogP contribution in [0.1, 0.15) is 28.8 Å². The third-order valence-electron chi connectivity index (χ3n) is 8.52. The number of rotatable bonds is 6. The number of hydrogen-bond acceptors (Lipinski definition) is 11. The van der Waals surface area contributed by atoms with Crippen LogP contribution in [0.3, 0.4) is 0 Å². The quantitative estimate of drug-likeness (QED) is 0.209. The molecule has 3 aliphatic rings. The number of amides is 1. The maximum absolute atomic E-state index is 14.4. The molecule has 0 saturated heterocycles. The minimum absolute atomic E-state index is 0.0409. The number of aliphatic hydroxyl groups is 2. The van der Waals surface area contributed by atoms with E-state index in [4.69, 9.17) is 17.2 Å². The molecule has 1 saturated carbocycles. The summed E-state index contributed by atoms with van der Waals surface area (Å²) in [6.07, 6.45) is 1.28. The van der Waals surface area contributed by atoms with E-state index in [0.29, 0.717) is 24.2 Å². The van der Waals surface area contributed by atoms with E-state index in [2.05, 4.69) is 10.3 Å². The standard InChI is InChI=1S/C28H31N7O6/c1-35(2)22-21(38)18(25(30)41)23(39)27(12-29)24(40)19-20(37)17-15(8-26(19,31)11-28(22,27)32)13(5-6-16(17)36)9-33-10-14-4-3-7-34-14/h3-7,22,33-34,36-37,39H,8-11,31-32H2,1-2H3,(H2,30,41)/t22-,26-,27+,28-/m1/s1. The number of ketones is 2. The fourth-order valence-electron chi connectivity index (χ4n) is 6.87. The summed E-state index contributed by atoms with van der Waals surface area (Å²) in [5.41, 5.74) is 13.3. The first kappa shape index (κ1) is 28.1. The second-order valence-electron chi connectivity index (χ2n) is 11.2. The molecule has 13 nitrogen and oxygen atoms in total. The number of aromatic amines is 1. The number of H-pyrrole nitrogens is 1. The molecule has 214 valence electrons. The van der Waals surface area contributed by atoms with Crippen LogP contribution in [0.15, 0.2) is 47.4 Å². The van der Waals surface area contributed by atoms with Crippen molar-refractivity contribution in [1.82, 2.24) is 15.2 Å². The number of Topliss-reactive ketones (excluding diaryl/α,β-unsaturated/α-hetero) is 2. The van der Waals surface area contributed by atoms with Gasteiger partial charge in [-0.15, -0.1) is 0 Å². The molecule has 1 amide bonds. The van der Waals surface area contributed by atoms with E-state index in [1.165, 1.54) is 25.1 Å². The zero-order valence-corrected chi connectivity index (χ0v) is 22.5. The van der Waals surface area contributed by atoms with E-state index in [9.17, 15) is 35.0 Å². The van der Waals surface area contributed by atoms with Gasteiger partial charge in [-0.2, -0.15) is 5.26 Å². The molecule has 4 atom stereocenters. The van der Waals surface area contributed by atoms with Crippen molar-refractivity contribution in [2.24, 2.45) is 22.6 Å². The fraction of sp³-hybridized carbons (Fsp3) is 0.357. The monoisotopic (exact) mass is 561 g/mol. The Morgan fingerprint density at radius 1 is 1.20 bits per heavy atom. The molecule has 41 heavy (non-hydrogen) atoms. The Bertz CT molecular complexity index is 1600. The highest BCUT2D eigenvalue weighted by Gasteiger charge is 2.74. The van der Waals surface area contributed by atoms with Crippen LogP contribution >= 0.6 is 0 Å². The molecule has 5 rings (SSSR count). The molecule has 1 aromatic heterocycles. The number of hydrogen-bond donors (Lipinski definition) is 8. The molecule has 11 N–H and O–H groups in total. The summed E-state index contributed by atoms with van der Waals surface area (Å²) in [6.45, 7) is 0.813. The van der Waals surface area contributed by atoms with Gasteiger partial charge in [0.2, 0.25) is 0 Å². The molecule has 0 unspecified atom stereocenters. The van der Waals surface area contributed by atoms with Gasteiger partial charge in [0.25, 0.3) is 5.91 Å². The van der Waals surface area contributed by atoms with Crippen molar-refractivity contribution in [2.45, 2.75) is 43.1 Å². The Morgan fingerprint density at radius 2 is 1.90 bits per heavy atom. The van der Waals surface area contributed by atoms with Crippen LogP contribution in [0.25, 0.3) is 5.76 Å². The summed E-state index contributed by atoms with van der Waals surface area (Å²) in [4.78, 5) is 44.5. The number of aromatic hydroxyl groups is 1. The molecule has 1 heterocycles. The molecule has 0 radical (unpaired) electrons. The lowest BCUT2D eigenvalue weighted by atomic mass is 9.47. The molecular weight excluding hydrogens is 530 g/mol. The summed E-state index contributed by atoms with van der Waals surface area (Å²) in [7, 11) is 2.94. The van der Waals surface area contributed by atoms with Gasteiger partial charge in [0.1, 0.15) is 22.8 Å². The number of phenolic OH excluding ortho intramolecular Hbond substituents is 1. The number of nitrogens with zero attached hydrogens (tertiary/aromatic N) is 2. The molecular formula is C28H31N7O6. The number of nitrogens with two attached hydrogens (primary N) is 3. The molecule has 0 aliphatic heterocycles. The average Bonchev–Trinajstić information content (AvgIpc) is 3.37. The first-order chi connectivity index (χ1) is 19.2. The third-order valence-corrected chi connectivity index (χ3v) is 8.52. The number of aromatic nitrogens is 1. The second kappa shape index (κ2) is 9.28. The Hall–Kier alpha value is -4.48. The summed E-state index contributed by atoms with van der Waals surface area (Å²) in [6, 6.07) is 7.12. The van der Waals surface area contributed by atoms with Crippen molar-refractivity contribution in [2.75, 3.05) is 14.1 Å². The molecule has 13 heteroatoms. The Balaban J connectivity index is 1.71. The lowest BCUT2D eigenvalue weighted by molar-refractivity contribution is -0.139. The zero-order chi connectivity index (χ0) is 30.1.